The molecule has 33 heavy (non-hydrogen) atoms. The Kier molecular flexibility index (Phi) is 6.04. The van der Waals surface area contributed by atoms with Gasteiger partial charge in [-0.1, -0.05) is 24.3 Å². The zero-order valence-corrected chi connectivity index (χ0v) is 17.5. The summed E-state index contributed by atoms with van der Waals surface area (Å²) in [5.74, 6) is 0.192. The van der Waals surface area contributed by atoms with Crippen molar-refractivity contribution >= 4 is 39.8 Å². The van der Waals surface area contributed by atoms with Crippen LogP contribution in [0, 0.1) is 20.2 Å². The van der Waals surface area contributed by atoms with Crippen LogP contribution >= 0.6 is 11.3 Å². The number of nitrogens with zero attached hydrogens (tertiary/aromatic N) is 3. The fourth-order valence-corrected chi connectivity index (χ4v) is 3.70. The van der Waals surface area contributed by atoms with Gasteiger partial charge in [-0.3, -0.25) is 30.3 Å². The van der Waals surface area contributed by atoms with E-state index in [-0.39, 0.29) is 11.4 Å². The minimum absolute atomic E-state index is 0.0485. The minimum atomic E-state index is -0.489. The summed E-state index contributed by atoms with van der Waals surface area (Å²) in [6.45, 7) is 0. The Hall–Kier alpha value is -4.64. The van der Waals surface area contributed by atoms with Crippen LogP contribution in [0.3, 0.4) is 0 Å². The number of furan rings is 1. The Morgan fingerprint density at radius 1 is 1.03 bits per heavy atom. The van der Waals surface area contributed by atoms with Crippen LogP contribution in [0.15, 0.2) is 76.5 Å². The number of benzene rings is 2. The zero-order valence-electron chi connectivity index (χ0n) is 16.7. The topological polar surface area (TPSA) is 141 Å². The van der Waals surface area contributed by atoms with Crippen molar-refractivity contribution in [1.82, 2.24) is 4.98 Å². The Balaban J connectivity index is 1.43. The van der Waals surface area contributed by atoms with Crippen LogP contribution in [0.1, 0.15) is 5.76 Å². The number of carbonyl (C=O) groups excluding carboxylic acids is 1. The van der Waals surface area contributed by atoms with Crippen LogP contribution in [0.4, 0.5) is 16.5 Å². The van der Waals surface area contributed by atoms with Crippen LogP contribution in [-0.2, 0) is 4.79 Å². The Bertz CT molecular complexity index is 1390. The molecule has 0 aliphatic carbocycles. The largest absolute Gasteiger partial charge is 0.456 e. The number of nitrogens with one attached hydrogen (secondary N) is 1. The summed E-state index contributed by atoms with van der Waals surface area (Å²) >= 11 is 1.18. The molecule has 0 saturated heterocycles. The van der Waals surface area contributed by atoms with Crippen LogP contribution in [0.2, 0.25) is 0 Å². The van der Waals surface area contributed by atoms with Crippen LogP contribution in [0.25, 0.3) is 28.7 Å². The maximum Gasteiger partial charge on any atom is 0.280 e. The number of carbonyl (C=O) groups is 1. The lowest BCUT2D eigenvalue weighted by atomic mass is 10.1. The van der Waals surface area contributed by atoms with E-state index in [0.29, 0.717) is 33.5 Å². The van der Waals surface area contributed by atoms with Crippen molar-refractivity contribution in [2.45, 2.75) is 0 Å². The molecule has 4 aromatic rings. The van der Waals surface area contributed by atoms with Crippen molar-refractivity contribution in [1.29, 1.82) is 0 Å². The number of nitro benzene ring substituents is 2. The summed E-state index contributed by atoms with van der Waals surface area (Å²) in [6.07, 6.45) is 2.68. The molecule has 0 atom stereocenters. The van der Waals surface area contributed by atoms with E-state index in [1.54, 1.807) is 47.8 Å². The predicted molar refractivity (Wildman–Crippen MR) is 123 cm³/mol. The van der Waals surface area contributed by atoms with E-state index in [1.165, 1.54) is 41.7 Å². The van der Waals surface area contributed by atoms with Crippen LogP contribution < -0.4 is 5.32 Å². The molecule has 0 bridgehead atoms. The third-order valence-corrected chi connectivity index (χ3v) is 5.24. The van der Waals surface area contributed by atoms with E-state index < -0.39 is 15.8 Å². The van der Waals surface area contributed by atoms with Gasteiger partial charge in [-0.2, -0.15) is 0 Å². The molecule has 1 amide bonds. The van der Waals surface area contributed by atoms with Gasteiger partial charge in [0.15, 0.2) is 5.13 Å². The van der Waals surface area contributed by atoms with Crippen molar-refractivity contribution in [2.75, 3.05) is 5.32 Å². The minimum Gasteiger partial charge on any atom is -0.456 e. The summed E-state index contributed by atoms with van der Waals surface area (Å²) in [5.41, 5.74) is 1.27. The van der Waals surface area contributed by atoms with Gasteiger partial charge >= 0.3 is 0 Å². The van der Waals surface area contributed by atoms with Crippen molar-refractivity contribution in [3.05, 3.63) is 98.1 Å². The molecule has 0 radical (unpaired) electrons. The van der Waals surface area contributed by atoms with E-state index in [4.69, 9.17) is 4.42 Å². The molecule has 11 heteroatoms. The van der Waals surface area contributed by atoms with Crippen molar-refractivity contribution in [2.24, 2.45) is 0 Å². The summed E-state index contributed by atoms with van der Waals surface area (Å²) in [4.78, 5) is 37.7. The average molecular weight is 462 g/mol. The second kappa shape index (κ2) is 9.24. The van der Waals surface area contributed by atoms with Gasteiger partial charge in [0.25, 0.3) is 11.4 Å². The van der Waals surface area contributed by atoms with Crippen molar-refractivity contribution in [3.8, 4) is 22.6 Å². The molecule has 2 aromatic heterocycles. The quantitative estimate of drug-likeness (QED) is 0.216. The van der Waals surface area contributed by atoms with Gasteiger partial charge in [-0.25, -0.2) is 4.98 Å². The summed E-state index contributed by atoms with van der Waals surface area (Å²) in [6, 6.07) is 15.4. The summed E-state index contributed by atoms with van der Waals surface area (Å²) in [5, 5.41) is 26.8. The number of nitro groups is 2. The Labute approximate surface area is 190 Å². The van der Waals surface area contributed by atoms with Gasteiger partial charge in [-0.05, 0) is 24.3 Å². The lowest BCUT2D eigenvalue weighted by Gasteiger charge is -1.99. The number of rotatable bonds is 7. The Morgan fingerprint density at radius 2 is 1.85 bits per heavy atom. The zero-order chi connectivity index (χ0) is 23.4. The van der Waals surface area contributed by atoms with Crippen molar-refractivity contribution in [3.63, 3.8) is 0 Å². The molecule has 1 N–H and O–H groups in total. The van der Waals surface area contributed by atoms with Gasteiger partial charge in [0.2, 0.25) is 5.91 Å². The Morgan fingerprint density at radius 3 is 2.64 bits per heavy atom. The lowest BCUT2D eigenvalue weighted by Crippen LogP contribution is -2.07. The fraction of sp³-hybridized carbons (Fsp3) is 0. The number of thiazole rings is 1. The highest BCUT2D eigenvalue weighted by Gasteiger charge is 2.17. The maximum atomic E-state index is 12.2. The smallest absolute Gasteiger partial charge is 0.280 e. The molecular weight excluding hydrogens is 448 g/mol. The molecule has 2 aromatic carbocycles. The number of para-hydroxylation sites is 1. The highest BCUT2D eigenvalue weighted by molar-refractivity contribution is 7.14. The summed E-state index contributed by atoms with van der Waals surface area (Å²) < 4.78 is 5.61. The highest BCUT2D eigenvalue weighted by atomic mass is 32.1. The van der Waals surface area contributed by atoms with E-state index in [1.807, 2.05) is 0 Å². The van der Waals surface area contributed by atoms with Gasteiger partial charge in [-0.15, -0.1) is 11.3 Å². The highest BCUT2D eigenvalue weighted by Crippen LogP contribution is 2.31. The molecule has 2 heterocycles. The second-order valence-corrected chi connectivity index (χ2v) is 7.50. The molecule has 0 aliphatic heterocycles. The van der Waals surface area contributed by atoms with Crippen LogP contribution in [0.5, 0.6) is 0 Å². The number of non-ortho nitro benzene ring substituents is 1. The fourth-order valence-electron chi connectivity index (χ4n) is 2.98. The van der Waals surface area contributed by atoms with Gasteiger partial charge in [0.05, 0.1) is 21.1 Å². The third kappa shape index (κ3) is 4.99. The maximum absolute atomic E-state index is 12.2. The first-order valence-corrected chi connectivity index (χ1v) is 10.3. The number of amides is 1. The third-order valence-electron chi connectivity index (χ3n) is 4.48. The first kappa shape index (κ1) is 21.6. The van der Waals surface area contributed by atoms with Crippen molar-refractivity contribution < 1.29 is 19.1 Å². The summed E-state index contributed by atoms with van der Waals surface area (Å²) in [7, 11) is 0. The molecule has 4 rings (SSSR count). The molecule has 0 fully saturated rings. The van der Waals surface area contributed by atoms with E-state index in [0.717, 1.165) is 0 Å². The van der Waals surface area contributed by atoms with E-state index >= 15 is 0 Å². The first-order chi connectivity index (χ1) is 15.9. The number of aromatic nitrogens is 1. The van der Waals surface area contributed by atoms with Gasteiger partial charge < -0.3 is 4.42 Å². The molecule has 0 aliphatic rings. The monoisotopic (exact) mass is 462 g/mol. The first-order valence-electron chi connectivity index (χ1n) is 9.44. The number of anilines is 1. The predicted octanol–water partition coefficient (Wildman–Crippen LogP) is 5.54. The normalized spacial score (nSPS) is 10.9. The molecular formula is C22H14N4O6S. The molecule has 0 unspecified atom stereocenters. The number of hydrogen-bond acceptors (Lipinski definition) is 8. The van der Waals surface area contributed by atoms with E-state index in [9.17, 15) is 25.0 Å². The average Bonchev–Trinajstić information content (AvgIpc) is 3.47. The second-order valence-electron chi connectivity index (χ2n) is 6.64. The molecule has 0 spiro atoms. The van der Waals surface area contributed by atoms with Gasteiger partial charge in [0.1, 0.15) is 11.5 Å². The van der Waals surface area contributed by atoms with Gasteiger partial charge in [0, 0.05) is 35.2 Å². The molecule has 10 nitrogen and oxygen atoms in total. The number of hydrogen-bond donors (Lipinski definition) is 1. The SMILES string of the molecule is O=C(/C=C/c1ccc(-c2ccccc2[N+](=O)[O-])o1)Nc1nc(-c2cccc([N+](=O)[O-])c2)cs1. The van der Waals surface area contributed by atoms with E-state index in [2.05, 4.69) is 10.3 Å². The van der Waals surface area contributed by atoms with Crippen LogP contribution in [-0.4, -0.2) is 20.7 Å². The molecule has 0 saturated carbocycles. The lowest BCUT2D eigenvalue weighted by molar-refractivity contribution is -0.384. The standard InChI is InChI=1S/C22H14N4O6S/c27-21(24-22-23-18(13-33-22)14-4-3-5-15(12-14)25(28)29)11-9-16-8-10-20(32-16)17-6-1-2-7-19(17)26(30)31/h1-13H,(H,23,24,27)/b11-9+. The molecule has 164 valence electrons.